The van der Waals surface area contributed by atoms with Crippen LogP contribution in [0.5, 0.6) is 0 Å². The van der Waals surface area contributed by atoms with Crippen molar-refractivity contribution in [3.8, 4) is 16.8 Å². The molecule has 0 fully saturated rings. The lowest BCUT2D eigenvalue weighted by atomic mass is 9.99. The maximum Gasteiger partial charge on any atom is 0.0782 e. The summed E-state index contributed by atoms with van der Waals surface area (Å²) in [6.07, 6.45) is 0. The summed E-state index contributed by atoms with van der Waals surface area (Å²) in [5, 5.41) is 7.59. The van der Waals surface area contributed by atoms with Gasteiger partial charge >= 0.3 is 0 Å². The zero-order valence-electron chi connectivity index (χ0n) is 26.6. The molecule has 0 saturated heterocycles. The van der Waals surface area contributed by atoms with Gasteiger partial charge in [-0.2, -0.15) is 0 Å². The van der Waals surface area contributed by atoms with E-state index in [1.165, 1.54) is 69.6 Å². The molecule has 8 aromatic carbocycles. The van der Waals surface area contributed by atoms with E-state index in [4.69, 9.17) is 0 Å². The topological polar surface area (TPSA) is 8.17 Å². The van der Waals surface area contributed by atoms with Crippen molar-refractivity contribution in [1.29, 1.82) is 0 Å². The van der Waals surface area contributed by atoms with Crippen molar-refractivity contribution in [3.05, 3.63) is 182 Å². The number of hydrogen-bond acceptors (Lipinski definition) is 2. The molecule has 3 heteroatoms. The molecule has 0 aliphatic rings. The molecule has 2 nitrogen and oxygen atoms in total. The minimum Gasteiger partial charge on any atom is -0.307 e. The van der Waals surface area contributed by atoms with E-state index in [0.29, 0.717) is 0 Å². The van der Waals surface area contributed by atoms with Crippen molar-refractivity contribution >= 4 is 81.1 Å². The third-order valence-electron chi connectivity index (χ3n) is 9.75. The first kappa shape index (κ1) is 27.9. The molecule has 49 heavy (non-hydrogen) atoms. The van der Waals surface area contributed by atoms with Crippen LogP contribution in [-0.2, 0) is 0 Å². The molecular formula is C46H30N2S. The predicted molar refractivity (Wildman–Crippen MR) is 211 cm³/mol. The first-order valence-electron chi connectivity index (χ1n) is 16.7. The molecule has 0 radical (unpaired) electrons. The van der Waals surface area contributed by atoms with Gasteiger partial charge in [-0.3, -0.25) is 0 Å². The van der Waals surface area contributed by atoms with Crippen LogP contribution in [0.1, 0.15) is 0 Å². The Balaban J connectivity index is 1.40. The summed E-state index contributed by atoms with van der Waals surface area (Å²) in [7, 11) is 0. The average molecular weight is 643 g/mol. The Labute approximate surface area is 288 Å². The lowest BCUT2D eigenvalue weighted by molar-refractivity contribution is 1.17. The van der Waals surface area contributed by atoms with Crippen LogP contribution in [0.25, 0.3) is 69.6 Å². The van der Waals surface area contributed by atoms with E-state index in [0.717, 1.165) is 17.1 Å². The lowest BCUT2D eigenvalue weighted by Gasteiger charge is -2.30. The Hall–Kier alpha value is -6.16. The van der Waals surface area contributed by atoms with Crippen LogP contribution in [0, 0.1) is 0 Å². The number of thiophene rings is 1. The molecule has 0 amide bonds. The van der Waals surface area contributed by atoms with Crippen LogP contribution in [0.4, 0.5) is 17.1 Å². The number of hydrogen-bond donors (Lipinski definition) is 0. The molecule has 10 rings (SSSR count). The highest BCUT2D eigenvalue weighted by atomic mass is 32.1. The third-order valence-corrected chi connectivity index (χ3v) is 10.9. The van der Waals surface area contributed by atoms with Crippen LogP contribution < -0.4 is 4.90 Å². The monoisotopic (exact) mass is 642 g/mol. The van der Waals surface area contributed by atoms with E-state index in [-0.39, 0.29) is 0 Å². The normalized spacial score (nSPS) is 11.7. The molecule has 230 valence electrons. The number of fused-ring (bicyclic) bond motifs is 8. The maximum absolute atomic E-state index is 2.53. The summed E-state index contributed by atoms with van der Waals surface area (Å²) in [5.41, 5.74) is 9.34. The van der Waals surface area contributed by atoms with Gasteiger partial charge in [0.15, 0.2) is 0 Å². The number of aromatic nitrogens is 1. The Kier molecular flexibility index (Phi) is 6.39. The smallest absolute Gasteiger partial charge is 0.0782 e. The van der Waals surface area contributed by atoms with Gasteiger partial charge in [-0.25, -0.2) is 0 Å². The van der Waals surface area contributed by atoms with Crippen molar-refractivity contribution in [1.82, 2.24) is 4.57 Å². The lowest BCUT2D eigenvalue weighted by Crippen LogP contribution is -2.13. The number of para-hydroxylation sites is 4. The number of anilines is 3. The maximum atomic E-state index is 2.53. The molecule has 0 N–H and O–H groups in total. The van der Waals surface area contributed by atoms with Crippen LogP contribution in [0.3, 0.4) is 0 Å². The highest BCUT2D eigenvalue weighted by molar-refractivity contribution is 7.26. The second-order valence-electron chi connectivity index (χ2n) is 12.5. The van der Waals surface area contributed by atoms with E-state index in [1.807, 2.05) is 11.3 Å². The van der Waals surface area contributed by atoms with Gasteiger partial charge < -0.3 is 9.47 Å². The Bertz CT molecular complexity index is 2830. The summed E-state index contributed by atoms with van der Waals surface area (Å²) in [5.74, 6) is 0. The van der Waals surface area contributed by atoms with Crippen molar-refractivity contribution in [2.45, 2.75) is 0 Å². The van der Waals surface area contributed by atoms with Crippen molar-refractivity contribution in [2.75, 3.05) is 4.90 Å². The Morgan fingerprint density at radius 3 is 1.94 bits per heavy atom. The minimum absolute atomic E-state index is 1.13. The average Bonchev–Trinajstić information content (AvgIpc) is 3.73. The van der Waals surface area contributed by atoms with Gasteiger partial charge in [-0.15, -0.1) is 11.3 Å². The molecule has 0 saturated carbocycles. The van der Waals surface area contributed by atoms with E-state index in [1.54, 1.807) is 0 Å². The molecule has 2 aromatic heterocycles. The molecule has 10 aromatic rings. The molecule has 0 aliphatic carbocycles. The SMILES string of the molecule is c1ccc(-c2ccccc2N(c2cc3ccccc3c3c2sc2ccccc23)c2cccc3c4ccccc4n(-c4ccccc4)c23)cc1. The van der Waals surface area contributed by atoms with Gasteiger partial charge in [0.1, 0.15) is 0 Å². The van der Waals surface area contributed by atoms with Crippen molar-refractivity contribution in [2.24, 2.45) is 0 Å². The highest BCUT2D eigenvalue weighted by Gasteiger charge is 2.26. The van der Waals surface area contributed by atoms with Gasteiger partial charge in [-0.05, 0) is 58.8 Å². The number of nitrogens with zero attached hydrogens (tertiary/aromatic N) is 2. The largest absolute Gasteiger partial charge is 0.307 e. The van der Waals surface area contributed by atoms with Crippen molar-refractivity contribution in [3.63, 3.8) is 0 Å². The van der Waals surface area contributed by atoms with Gasteiger partial charge in [-0.1, -0.05) is 140 Å². The van der Waals surface area contributed by atoms with Gasteiger partial charge in [0.05, 0.1) is 32.8 Å². The van der Waals surface area contributed by atoms with E-state index in [2.05, 4.69) is 191 Å². The Morgan fingerprint density at radius 1 is 0.449 bits per heavy atom. The Morgan fingerprint density at radius 2 is 1.08 bits per heavy atom. The summed E-state index contributed by atoms with van der Waals surface area (Å²) >= 11 is 1.88. The fraction of sp³-hybridized carbons (Fsp3) is 0. The molecule has 0 bridgehead atoms. The fourth-order valence-corrected chi connectivity index (χ4v) is 8.89. The van der Waals surface area contributed by atoms with Crippen LogP contribution >= 0.6 is 11.3 Å². The zero-order valence-corrected chi connectivity index (χ0v) is 27.4. The molecule has 0 aliphatic heterocycles. The molecular weight excluding hydrogens is 613 g/mol. The van der Waals surface area contributed by atoms with Crippen LogP contribution in [-0.4, -0.2) is 4.57 Å². The second-order valence-corrected chi connectivity index (χ2v) is 13.6. The van der Waals surface area contributed by atoms with Gasteiger partial charge in [0.25, 0.3) is 0 Å². The molecule has 0 unspecified atom stereocenters. The fourth-order valence-electron chi connectivity index (χ4n) is 7.67. The summed E-state index contributed by atoms with van der Waals surface area (Å²) in [6, 6.07) is 66.1. The predicted octanol–water partition coefficient (Wildman–Crippen LogP) is 13.4. The van der Waals surface area contributed by atoms with Crippen LogP contribution in [0.2, 0.25) is 0 Å². The summed E-state index contributed by atoms with van der Waals surface area (Å²) < 4.78 is 5.02. The third kappa shape index (κ3) is 4.33. The van der Waals surface area contributed by atoms with Gasteiger partial charge in [0, 0.05) is 37.5 Å². The van der Waals surface area contributed by atoms with E-state index < -0.39 is 0 Å². The highest BCUT2D eigenvalue weighted by Crippen LogP contribution is 2.51. The second kappa shape index (κ2) is 11.2. The number of rotatable bonds is 5. The summed E-state index contributed by atoms with van der Waals surface area (Å²) in [4.78, 5) is 2.53. The van der Waals surface area contributed by atoms with E-state index >= 15 is 0 Å². The number of benzene rings is 8. The van der Waals surface area contributed by atoms with Crippen molar-refractivity contribution < 1.29 is 0 Å². The molecule has 0 spiro atoms. The molecule has 0 atom stereocenters. The van der Waals surface area contributed by atoms with Gasteiger partial charge in [0.2, 0.25) is 0 Å². The standard InChI is InChI=1S/C46H30N2S/c1-3-16-31(17-4-1)34-21-9-12-26-39(34)48(42-30-32-18-7-8-22-35(32)44-38-24-11-14-29-43(38)49-46(42)44)41-28-15-25-37-36-23-10-13-27-40(36)47(45(37)41)33-19-5-2-6-20-33/h1-30H. The van der Waals surface area contributed by atoms with E-state index in [9.17, 15) is 0 Å². The first-order chi connectivity index (χ1) is 24.3. The van der Waals surface area contributed by atoms with Crippen LogP contribution in [0.15, 0.2) is 182 Å². The quantitative estimate of drug-likeness (QED) is 0.181. The zero-order chi connectivity index (χ0) is 32.3. The molecule has 2 heterocycles. The first-order valence-corrected chi connectivity index (χ1v) is 17.5. The summed E-state index contributed by atoms with van der Waals surface area (Å²) in [6.45, 7) is 0. The minimum atomic E-state index is 1.13.